The van der Waals surface area contributed by atoms with Crippen LogP contribution in [0.25, 0.3) is 0 Å². The van der Waals surface area contributed by atoms with Gasteiger partial charge in [0.2, 0.25) is 0 Å². The number of para-hydroxylation sites is 1. The molecule has 0 spiro atoms. The van der Waals surface area contributed by atoms with E-state index in [1.54, 1.807) is 0 Å². The molecule has 0 atom stereocenters. The van der Waals surface area contributed by atoms with Gasteiger partial charge in [0.15, 0.2) is 0 Å². The molecule has 2 aromatic carbocycles. The van der Waals surface area contributed by atoms with Crippen LogP contribution in [-0.2, 0) is 0 Å². The molecule has 0 aromatic heterocycles. The second-order valence-corrected chi connectivity index (χ2v) is 3.97. The van der Waals surface area contributed by atoms with Crippen molar-refractivity contribution in [2.45, 2.75) is 0 Å². The van der Waals surface area contributed by atoms with E-state index >= 15 is 0 Å². The van der Waals surface area contributed by atoms with Gasteiger partial charge in [0.1, 0.15) is 12.4 Å². The van der Waals surface area contributed by atoms with Gasteiger partial charge in [-0.1, -0.05) is 18.2 Å². The number of hydrogen-bond donors (Lipinski definition) is 2. The molecule has 0 saturated heterocycles. The van der Waals surface area contributed by atoms with E-state index in [0.29, 0.717) is 6.61 Å². The van der Waals surface area contributed by atoms with Crippen LogP contribution in [0, 0.1) is 0 Å². The van der Waals surface area contributed by atoms with Crippen LogP contribution in [0.5, 0.6) is 5.75 Å². The Hall–Kier alpha value is -2.00. The van der Waals surface area contributed by atoms with Crippen LogP contribution in [0.4, 0.5) is 11.4 Å². The number of rotatable bonds is 6. The molecular formula is C15H18N2O. The van der Waals surface area contributed by atoms with Crippen molar-refractivity contribution in [3.05, 3.63) is 54.6 Å². The molecule has 0 aliphatic rings. The van der Waals surface area contributed by atoms with Crippen molar-refractivity contribution in [1.29, 1.82) is 0 Å². The molecule has 0 amide bonds. The van der Waals surface area contributed by atoms with Gasteiger partial charge >= 0.3 is 0 Å². The average Bonchev–Trinajstić information content (AvgIpc) is 2.42. The third-order valence-electron chi connectivity index (χ3n) is 2.54. The second-order valence-electron chi connectivity index (χ2n) is 3.97. The standard InChI is InChI=1S/C15H18N2O/c1-16-11-12-18-15-9-7-14(8-10-15)17-13-5-3-2-4-6-13/h2-10,16-17H,11-12H2,1H3. The fraction of sp³-hybridized carbons (Fsp3) is 0.200. The summed E-state index contributed by atoms with van der Waals surface area (Å²) in [6.45, 7) is 1.53. The molecule has 3 nitrogen and oxygen atoms in total. The summed E-state index contributed by atoms with van der Waals surface area (Å²) >= 11 is 0. The van der Waals surface area contributed by atoms with Crippen molar-refractivity contribution in [3.8, 4) is 5.75 Å². The van der Waals surface area contributed by atoms with Crippen LogP contribution in [0.1, 0.15) is 0 Å². The Balaban J connectivity index is 1.91. The third kappa shape index (κ3) is 3.79. The maximum atomic E-state index is 5.56. The first-order valence-corrected chi connectivity index (χ1v) is 6.08. The fourth-order valence-corrected chi connectivity index (χ4v) is 1.59. The Morgan fingerprint density at radius 1 is 0.889 bits per heavy atom. The number of likely N-dealkylation sites (N-methyl/N-ethyl adjacent to an activating group) is 1. The lowest BCUT2D eigenvalue weighted by atomic mass is 10.2. The highest BCUT2D eigenvalue weighted by atomic mass is 16.5. The van der Waals surface area contributed by atoms with Crippen molar-refractivity contribution < 1.29 is 4.74 Å². The van der Waals surface area contributed by atoms with Crippen molar-refractivity contribution in [2.75, 3.05) is 25.5 Å². The van der Waals surface area contributed by atoms with E-state index in [0.717, 1.165) is 23.7 Å². The Morgan fingerprint density at radius 3 is 2.22 bits per heavy atom. The molecule has 18 heavy (non-hydrogen) atoms. The monoisotopic (exact) mass is 242 g/mol. The maximum absolute atomic E-state index is 5.56. The van der Waals surface area contributed by atoms with Gasteiger partial charge in [-0.15, -0.1) is 0 Å². The minimum atomic E-state index is 0.683. The molecule has 0 heterocycles. The molecule has 94 valence electrons. The summed E-state index contributed by atoms with van der Waals surface area (Å²) in [5.74, 6) is 0.892. The molecule has 2 aromatic rings. The van der Waals surface area contributed by atoms with Crippen LogP contribution in [0.2, 0.25) is 0 Å². The van der Waals surface area contributed by atoms with Crippen LogP contribution in [0.15, 0.2) is 54.6 Å². The van der Waals surface area contributed by atoms with E-state index in [9.17, 15) is 0 Å². The predicted molar refractivity (Wildman–Crippen MR) is 75.6 cm³/mol. The van der Waals surface area contributed by atoms with Gasteiger partial charge in [0.25, 0.3) is 0 Å². The maximum Gasteiger partial charge on any atom is 0.119 e. The zero-order valence-electron chi connectivity index (χ0n) is 10.5. The number of anilines is 2. The number of ether oxygens (including phenoxy) is 1. The molecule has 0 aliphatic carbocycles. The van der Waals surface area contributed by atoms with Crippen molar-refractivity contribution in [1.82, 2.24) is 5.32 Å². The van der Waals surface area contributed by atoms with Crippen LogP contribution < -0.4 is 15.4 Å². The number of benzene rings is 2. The summed E-state index contributed by atoms with van der Waals surface area (Å²) in [7, 11) is 1.91. The van der Waals surface area contributed by atoms with Crippen LogP contribution >= 0.6 is 0 Å². The summed E-state index contributed by atoms with van der Waals surface area (Å²) in [6, 6.07) is 18.1. The van der Waals surface area contributed by atoms with Crippen molar-refractivity contribution in [3.63, 3.8) is 0 Å². The summed E-state index contributed by atoms with van der Waals surface area (Å²) in [4.78, 5) is 0. The number of nitrogens with one attached hydrogen (secondary N) is 2. The van der Waals surface area contributed by atoms with E-state index in [1.165, 1.54) is 0 Å². The highest BCUT2D eigenvalue weighted by molar-refractivity contribution is 5.59. The summed E-state index contributed by atoms with van der Waals surface area (Å²) in [6.07, 6.45) is 0. The molecule has 3 heteroatoms. The van der Waals surface area contributed by atoms with Crippen molar-refractivity contribution >= 4 is 11.4 Å². The minimum Gasteiger partial charge on any atom is -0.492 e. The molecule has 0 radical (unpaired) electrons. The molecule has 0 bridgehead atoms. The second kappa shape index (κ2) is 6.67. The summed E-state index contributed by atoms with van der Waals surface area (Å²) in [5.41, 5.74) is 2.14. The van der Waals surface area contributed by atoms with Gasteiger partial charge in [-0.2, -0.15) is 0 Å². The van der Waals surface area contributed by atoms with E-state index in [4.69, 9.17) is 4.74 Å². The van der Waals surface area contributed by atoms with E-state index in [2.05, 4.69) is 10.6 Å². The highest BCUT2D eigenvalue weighted by Crippen LogP contribution is 2.19. The van der Waals surface area contributed by atoms with Gasteiger partial charge in [0, 0.05) is 17.9 Å². The van der Waals surface area contributed by atoms with Gasteiger partial charge in [0.05, 0.1) is 0 Å². The lowest BCUT2D eigenvalue weighted by Gasteiger charge is -2.08. The lowest BCUT2D eigenvalue weighted by molar-refractivity contribution is 0.318. The Kier molecular flexibility index (Phi) is 4.61. The molecular weight excluding hydrogens is 224 g/mol. The van der Waals surface area contributed by atoms with Crippen LogP contribution in [0.3, 0.4) is 0 Å². The fourth-order valence-electron chi connectivity index (χ4n) is 1.59. The summed E-state index contributed by atoms with van der Waals surface area (Å²) in [5, 5.41) is 6.38. The Labute approximate surface area is 108 Å². The largest absolute Gasteiger partial charge is 0.492 e. The molecule has 0 saturated carbocycles. The quantitative estimate of drug-likeness (QED) is 0.764. The molecule has 0 aliphatic heterocycles. The third-order valence-corrected chi connectivity index (χ3v) is 2.54. The SMILES string of the molecule is CNCCOc1ccc(Nc2ccccc2)cc1. The smallest absolute Gasteiger partial charge is 0.119 e. The Morgan fingerprint density at radius 2 is 1.56 bits per heavy atom. The van der Waals surface area contributed by atoms with Crippen LogP contribution in [-0.4, -0.2) is 20.2 Å². The normalized spacial score (nSPS) is 10.1. The van der Waals surface area contributed by atoms with E-state index < -0.39 is 0 Å². The molecule has 0 unspecified atom stereocenters. The van der Waals surface area contributed by atoms with Gasteiger partial charge in [-0.05, 0) is 43.4 Å². The van der Waals surface area contributed by atoms with Gasteiger partial charge < -0.3 is 15.4 Å². The van der Waals surface area contributed by atoms with Gasteiger partial charge in [-0.3, -0.25) is 0 Å². The zero-order chi connectivity index (χ0) is 12.6. The van der Waals surface area contributed by atoms with E-state index in [1.807, 2.05) is 61.6 Å². The van der Waals surface area contributed by atoms with Gasteiger partial charge in [-0.25, -0.2) is 0 Å². The number of hydrogen-bond acceptors (Lipinski definition) is 3. The minimum absolute atomic E-state index is 0.683. The first kappa shape index (κ1) is 12.5. The zero-order valence-corrected chi connectivity index (χ0v) is 10.5. The topological polar surface area (TPSA) is 33.3 Å². The molecule has 0 fully saturated rings. The lowest BCUT2D eigenvalue weighted by Crippen LogP contribution is -2.15. The van der Waals surface area contributed by atoms with E-state index in [-0.39, 0.29) is 0 Å². The van der Waals surface area contributed by atoms with Crippen molar-refractivity contribution in [2.24, 2.45) is 0 Å². The highest BCUT2D eigenvalue weighted by Gasteiger charge is 1.96. The molecule has 2 N–H and O–H groups in total. The Bertz CT molecular complexity index is 454. The first-order valence-electron chi connectivity index (χ1n) is 6.08. The summed E-state index contributed by atoms with van der Waals surface area (Å²) < 4.78 is 5.56. The predicted octanol–water partition coefficient (Wildman–Crippen LogP) is 3.03. The molecule has 2 rings (SSSR count). The first-order chi connectivity index (χ1) is 8.88. The average molecular weight is 242 g/mol.